The molecule has 2 nitrogen and oxygen atoms in total. The molecule has 0 N–H and O–H groups in total. The highest BCUT2D eigenvalue weighted by Gasteiger charge is 2.33. The maximum absolute atomic E-state index is 13.2. The molecule has 0 saturated carbocycles. The van der Waals surface area contributed by atoms with Gasteiger partial charge in [0.2, 0.25) is 0 Å². The molecule has 0 fully saturated rings. The van der Waals surface area contributed by atoms with Gasteiger partial charge in [-0.3, -0.25) is 9.69 Å². The van der Waals surface area contributed by atoms with Crippen LogP contribution in [-0.2, 0) is 0 Å². The molecule has 0 aliphatic rings. The summed E-state index contributed by atoms with van der Waals surface area (Å²) >= 11 is 0. The average Bonchev–Trinajstić information content (AvgIpc) is 2.33. The molecule has 0 bridgehead atoms. The Morgan fingerprint density at radius 2 is 1.83 bits per heavy atom. The van der Waals surface area contributed by atoms with Gasteiger partial charge in [-0.05, 0) is 57.6 Å². The number of halogens is 1. The highest BCUT2D eigenvalue weighted by atomic mass is 19.1. The Hall–Kier alpha value is -1.22. The van der Waals surface area contributed by atoms with E-state index in [-0.39, 0.29) is 11.6 Å². The van der Waals surface area contributed by atoms with Crippen molar-refractivity contribution in [2.75, 3.05) is 13.1 Å². The van der Waals surface area contributed by atoms with E-state index in [0.717, 1.165) is 13.1 Å². The lowest BCUT2D eigenvalue weighted by Crippen LogP contribution is -2.49. The maximum atomic E-state index is 13.2. The van der Waals surface area contributed by atoms with Gasteiger partial charge in [0, 0.05) is 5.56 Å². The molecule has 0 spiro atoms. The number of carbonyl (C=O) groups is 1. The van der Waals surface area contributed by atoms with Gasteiger partial charge in [-0.1, -0.05) is 13.8 Å². The lowest BCUT2D eigenvalue weighted by atomic mass is 9.90. The average molecular weight is 251 g/mol. The second-order valence-corrected chi connectivity index (χ2v) is 5.02. The second kappa shape index (κ2) is 5.61. The van der Waals surface area contributed by atoms with Crippen molar-refractivity contribution in [3.8, 4) is 0 Å². The Morgan fingerprint density at radius 1 is 1.28 bits per heavy atom. The molecule has 18 heavy (non-hydrogen) atoms. The van der Waals surface area contributed by atoms with Gasteiger partial charge in [-0.25, -0.2) is 4.39 Å². The van der Waals surface area contributed by atoms with Crippen molar-refractivity contribution >= 4 is 5.78 Å². The van der Waals surface area contributed by atoms with Gasteiger partial charge in [0.25, 0.3) is 0 Å². The zero-order valence-electron chi connectivity index (χ0n) is 11.9. The summed E-state index contributed by atoms with van der Waals surface area (Å²) in [6, 6.07) is 4.56. The largest absolute Gasteiger partial charge is 0.292 e. The quantitative estimate of drug-likeness (QED) is 0.747. The summed E-state index contributed by atoms with van der Waals surface area (Å²) in [7, 11) is 0. The topological polar surface area (TPSA) is 20.3 Å². The molecule has 0 radical (unpaired) electrons. The molecule has 100 valence electrons. The van der Waals surface area contributed by atoms with Crippen LogP contribution in [0.5, 0.6) is 0 Å². The second-order valence-electron chi connectivity index (χ2n) is 5.02. The number of hydrogen-bond donors (Lipinski definition) is 0. The van der Waals surface area contributed by atoms with Crippen LogP contribution in [0.1, 0.15) is 43.6 Å². The minimum atomic E-state index is -0.562. The lowest BCUT2D eigenvalue weighted by Gasteiger charge is -2.35. The molecule has 1 aromatic rings. The van der Waals surface area contributed by atoms with Crippen molar-refractivity contribution < 1.29 is 9.18 Å². The van der Waals surface area contributed by atoms with Crippen LogP contribution in [-0.4, -0.2) is 29.3 Å². The van der Waals surface area contributed by atoms with E-state index in [0.29, 0.717) is 11.1 Å². The van der Waals surface area contributed by atoms with Crippen molar-refractivity contribution in [1.29, 1.82) is 0 Å². The van der Waals surface area contributed by atoms with Crippen LogP contribution < -0.4 is 0 Å². The molecule has 0 unspecified atom stereocenters. The number of carbonyl (C=O) groups excluding carboxylic acids is 1. The lowest BCUT2D eigenvalue weighted by molar-refractivity contribution is 0.0668. The van der Waals surface area contributed by atoms with E-state index in [1.807, 2.05) is 27.7 Å². The third-order valence-corrected chi connectivity index (χ3v) is 3.53. The zero-order valence-corrected chi connectivity index (χ0v) is 11.9. The summed E-state index contributed by atoms with van der Waals surface area (Å²) < 4.78 is 13.2. The number of hydrogen-bond acceptors (Lipinski definition) is 2. The number of likely N-dealkylation sites (N-methyl/N-ethyl adjacent to an activating group) is 1. The molecule has 3 heteroatoms. The fraction of sp³-hybridized carbons (Fsp3) is 0.533. The van der Waals surface area contributed by atoms with Crippen LogP contribution in [0.4, 0.5) is 4.39 Å². The molecular formula is C15H22FNO. The van der Waals surface area contributed by atoms with Gasteiger partial charge in [0.05, 0.1) is 5.54 Å². The molecule has 0 atom stereocenters. The molecule has 1 rings (SSSR count). The Kier molecular flexibility index (Phi) is 4.63. The van der Waals surface area contributed by atoms with E-state index >= 15 is 0 Å². The van der Waals surface area contributed by atoms with E-state index in [1.54, 1.807) is 19.1 Å². The van der Waals surface area contributed by atoms with Crippen LogP contribution in [0.3, 0.4) is 0 Å². The zero-order chi connectivity index (χ0) is 13.9. The number of rotatable bonds is 5. The predicted molar refractivity (Wildman–Crippen MR) is 72.5 cm³/mol. The first-order chi connectivity index (χ1) is 8.34. The first-order valence-electron chi connectivity index (χ1n) is 6.40. The Balaban J connectivity index is 3.09. The summed E-state index contributed by atoms with van der Waals surface area (Å²) in [5, 5.41) is 0. The summed E-state index contributed by atoms with van der Waals surface area (Å²) in [4.78, 5) is 14.6. The van der Waals surface area contributed by atoms with Crippen LogP contribution in [0.2, 0.25) is 0 Å². The van der Waals surface area contributed by atoms with E-state index in [2.05, 4.69) is 4.90 Å². The molecule has 0 amide bonds. The van der Waals surface area contributed by atoms with Crippen LogP contribution in [0, 0.1) is 12.7 Å². The summed E-state index contributed by atoms with van der Waals surface area (Å²) in [6.45, 7) is 11.2. The SMILES string of the molecule is CCN(CC)C(C)(C)C(=O)c1ccc(F)c(C)c1. The Morgan fingerprint density at radius 3 is 2.28 bits per heavy atom. The normalized spacial score (nSPS) is 11.9. The highest BCUT2D eigenvalue weighted by Crippen LogP contribution is 2.21. The smallest absolute Gasteiger partial charge is 0.182 e. The summed E-state index contributed by atoms with van der Waals surface area (Å²) in [6.07, 6.45) is 0. The third kappa shape index (κ3) is 2.78. The van der Waals surface area contributed by atoms with Gasteiger partial charge in [-0.15, -0.1) is 0 Å². The van der Waals surface area contributed by atoms with Gasteiger partial charge in [-0.2, -0.15) is 0 Å². The van der Waals surface area contributed by atoms with Crippen molar-refractivity contribution in [3.05, 3.63) is 35.1 Å². The monoisotopic (exact) mass is 251 g/mol. The Labute approximate surface area is 109 Å². The third-order valence-electron chi connectivity index (χ3n) is 3.53. The molecule has 0 aromatic heterocycles. The highest BCUT2D eigenvalue weighted by molar-refractivity contribution is 6.02. The fourth-order valence-corrected chi connectivity index (χ4v) is 2.30. The number of aryl methyl sites for hydroxylation is 1. The van der Waals surface area contributed by atoms with E-state index < -0.39 is 5.54 Å². The first-order valence-corrected chi connectivity index (χ1v) is 6.40. The number of ketones is 1. The van der Waals surface area contributed by atoms with E-state index in [4.69, 9.17) is 0 Å². The molecule has 0 heterocycles. The minimum absolute atomic E-state index is 0.0364. The first kappa shape index (κ1) is 14.8. The Bertz CT molecular complexity index is 436. The molecule has 1 aromatic carbocycles. The molecular weight excluding hydrogens is 229 g/mol. The van der Waals surface area contributed by atoms with Gasteiger partial charge < -0.3 is 0 Å². The number of benzene rings is 1. The fourth-order valence-electron chi connectivity index (χ4n) is 2.30. The van der Waals surface area contributed by atoms with Crippen molar-refractivity contribution in [3.63, 3.8) is 0 Å². The standard InChI is InChI=1S/C15H22FNO/c1-6-17(7-2)15(4,5)14(18)12-8-9-13(16)11(3)10-12/h8-10H,6-7H2,1-5H3. The number of nitrogens with zero attached hydrogens (tertiary/aromatic N) is 1. The van der Waals surface area contributed by atoms with Gasteiger partial charge in [0.1, 0.15) is 5.82 Å². The van der Waals surface area contributed by atoms with Gasteiger partial charge >= 0.3 is 0 Å². The van der Waals surface area contributed by atoms with E-state index in [9.17, 15) is 9.18 Å². The number of Topliss-reactive ketones (excluding diaryl/α,β-unsaturated/α-hetero) is 1. The minimum Gasteiger partial charge on any atom is -0.292 e. The van der Waals surface area contributed by atoms with Gasteiger partial charge in [0.15, 0.2) is 5.78 Å². The van der Waals surface area contributed by atoms with Crippen molar-refractivity contribution in [2.24, 2.45) is 0 Å². The predicted octanol–water partition coefficient (Wildman–Crippen LogP) is 3.44. The molecule has 0 aliphatic heterocycles. The van der Waals surface area contributed by atoms with Crippen LogP contribution in [0.25, 0.3) is 0 Å². The van der Waals surface area contributed by atoms with Crippen molar-refractivity contribution in [1.82, 2.24) is 4.90 Å². The van der Waals surface area contributed by atoms with Crippen LogP contribution >= 0.6 is 0 Å². The molecule has 0 aliphatic carbocycles. The van der Waals surface area contributed by atoms with Crippen molar-refractivity contribution in [2.45, 2.75) is 40.2 Å². The van der Waals surface area contributed by atoms with Crippen LogP contribution in [0.15, 0.2) is 18.2 Å². The molecule has 0 saturated heterocycles. The summed E-state index contributed by atoms with van der Waals surface area (Å²) in [5.74, 6) is -0.235. The summed E-state index contributed by atoms with van der Waals surface area (Å²) in [5.41, 5.74) is 0.523. The van der Waals surface area contributed by atoms with E-state index in [1.165, 1.54) is 6.07 Å². The maximum Gasteiger partial charge on any atom is 0.182 e.